The van der Waals surface area contributed by atoms with Gasteiger partial charge in [-0.3, -0.25) is 4.79 Å². The van der Waals surface area contributed by atoms with E-state index in [4.69, 9.17) is 10.5 Å². The van der Waals surface area contributed by atoms with Crippen molar-refractivity contribution < 1.29 is 24.5 Å². The van der Waals surface area contributed by atoms with Gasteiger partial charge in [-0.15, -0.1) is 0 Å². The summed E-state index contributed by atoms with van der Waals surface area (Å²) in [6.07, 6.45) is 11.3. The Balaban J connectivity index is 1.36. The second-order valence-electron chi connectivity index (χ2n) is 14.1. The lowest BCUT2D eigenvalue weighted by Gasteiger charge is -2.62. The molecule has 4 rings (SSSR count). The first-order chi connectivity index (χ1) is 18.5. The van der Waals surface area contributed by atoms with Crippen LogP contribution in [-0.2, 0) is 14.3 Å². The Morgan fingerprint density at radius 1 is 1.00 bits per heavy atom. The molecule has 1 amide bonds. The molecule has 0 aromatic rings. The number of rotatable bonds is 11. The van der Waals surface area contributed by atoms with E-state index in [1.165, 1.54) is 25.7 Å². The number of carbonyl (C=O) groups is 2. The number of aliphatic hydroxyl groups is 2. The van der Waals surface area contributed by atoms with E-state index in [0.29, 0.717) is 61.5 Å². The third-order valence-electron chi connectivity index (χ3n) is 12.1. The zero-order chi connectivity index (χ0) is 28.4. The summed E-state index contributed by atoms with van der Waals surface area (Å²) >= 11 is 0. The highest BCUT2D eigenvalue weighted by Crippen LogP contribution is 2.68. The maximum atomic E-state index is 12.9. The summed E-state index contributed by atoms with van der Waals surface area (Å²) in [6, 6.07) is -0.596. The maximum absolute atomic E-state index is 12.9. The Bertz CT molecular complexity index is 852. The monoisotopic (exact) mass is 548 g/mol. The van der Waals surface area contributed by atoms with Gasteiger partial charge in [-0.25, -0.2) is 4.79 Å². The molecule has 0 saturated heterocycles. The number of fused-ring (bicyclic) bond motifs is 5. The van der Waals surface area contributed by atoms with Crippen molar-refractivity contribution >= 4 is 11.9 Å². The average Bonchev–Trinajstić information content (AvgIpc) is 3.25. The van der Waals surface area contributed by atoms with Crippen LogP contribution in [0.15, 0.2) is 0 Å². The van der Waals surface area contributed by atoms with Crippen LogP contribution in [0.2, 0.25) is 0 Å². The molecule has 11 atom stereocenters. The van der Waals surface area contributed by atoms with Crippen molar-refractivity contribution in [2.24, 2.45) is 52.1 Å². The second kappa shape index (κ2) is 12.8. The molecule has 224 valence electrons. The van der Waals surface area contributed by atoms with Gasteiger partial charge in [-0.05, 0) is 137 Å². The molecule has 4 saturated carbocycles. The first-order valence-electron chi connectivity index (χ1n) is 16.1. The number of esters is 1. The van der Waals surface area contributed by atoms with E-state index in [2.05, 4.69) is 26.1 Å². The fraction of sp³-hybridized carbons (Fsp3) is 0.938. The minimum Gasteiger partial charge on any atom is -0.464 e. The summed E-state index contributed by atoms with van der Waals surface area (Å²) in [7, 11) is 0. The number of amides is 1. The molecule has 4 aliphatic carbocycles. The smallest absolute Gasteiger partial charge is 0.328 e. The van der Waals surface area contributed by atoms with Crippen molar-refractivity contribution in [1.82, 2.24) is 5.32 Å². The fourth-order valence-electron chi connectivity index (χ4n) is 9.99. The topological polar surface area (TPSA) is 122 Å². The molecule has 0 aliphatic heterocycles. The van der Waals surface area contributed by atoms with Gasteiger partial charge in [0.05, 0.1) is 18.8 Å². The van der Waals surface area contributed by atoms with Gasteiger partial charge in [0, 0.05) is 6.42 Å². The van der Waals surface area contributed by atoms with Crippen molar-refractivity contribution in [3.63, 3.8) is 0 Å². The number of nitrogens with one attached hydrogen (secondary N) is 1. The van der Waals surface area contributed by atoms with E-state index >= 15 is 0 Å². The molecule has 0 bridgehead atoms. The minimum absolute atomic E-state index is 0.0720. The van der Waals surface area contributed by atoms with Crippen LogP contribution in [-0.4, -0.2) is 53.5 Å². The number of nitrogens with two attached hydrogens (primary N) is 1. The third-order valence-corrected chi connectivity index (χ3v) is 12.1. The molecule has 5 N–H and O–H groups in total. The number of hydrogen-bond donors (Lipinski definition) is 4. The molecule has 0 heterocycles. The number of aliphatic hydroxyl groups excluding tert-OH is 2. The van der Waals surface area contributed by atoms with E-state index in [1.54, 1.807) is 6.92 Å². The van der Waals surface area contributed by atoms with Crippen LogP contribution >= 0.6 is 0 Å². The molecule has 4 aliphatic rings. The highest BCUT2D eigenvalue weighted by molar-refractivity contribution is 5.84. The number of ether oxygens (including phenoxy) is 1. The molecular formula is C32H56N2O5. The van der Waals surface area contributed by atoms with Crippen molar-refractivity contribution in [2.45, 2.75) is 129 Å². The van der Waals surface area contributed by atoms with Crippen LogP contribution in [0.4, 0.5) is 0 Å². The summed E-state index contributed by atoms with van der Waals surface area (Å²) in [5.41, 5.74) is 6.05. The third kappa shape index (κ3) is 6.21. The van der Waals surface area contributed by atoms with Gasteiger partial charge >= 0.3 is 5.97 Å². The average molecular weight is 549 g/mol. The van der Waals surface area contributed by atoms with Gasteiger partial charge in [0.15, 0.2) is 0 Å². The Kier molecular flexibility index (Phi) is 10.1. The van der Waals surface area contributed by atoms with Gasteiger partial charge in [0.2, 0.25) is 5.91 Å². The molecule has 7 heteroatoms. The van der Waals surface area contributed by atoms with Crippen LogP contribution in [0, 0.1) is 46.3 Å². The zero-order valence-electron chi connectivity index (χ0n) is 25.0. The first-order valence-corrected chi connectivity index (χ1v) is 16.1. The summed E-state index contributed by atoms with van der Waals surface area (Å²) in [6.45, 7) is 9.90. The molecule has 0 aromatic carbocycles. The maximum Gasteiger partial charge on any atom is 0.328 e. The van der Waals surface area contributed by atoms with Gasteiger partial charge in [0.25, 0.3) is 0 Å². The number of unbranched alkanes of at least 4 members (excludes halogenated alkanes) is 1. The van der Waals surface area contributed by atoms with E-state index in [0.717, 1.165) is 44.9 Å². The standard InChI is InChI=1S/C32H56N2O5/c1-5-39-30(38)26(8-6-7-17-33)34-28(37)12-9-20(2)23-10-11-24-29-25(14-16-32(23,24)4)31(3)15-13-22(35)18-21(31)19-27(29)36/h20-27,29,35-36H,5-19,33H2,1-4H3,(H,34,37)/t20-,21+,22-,23-,24+,25+,26+,27-,29+,31+,32-/m1/s1. The molecule has 0 unspecified atom stereocenters. The second-order valence-corrected chi connectivity index (χ2v) is 14.1. The van der Waals surface area contributed by atoms with Crippen molar-refractivity contribution in [3.05, 3.63) is 0 Å². The van der Waals surface area contributed by atoms with Crippen LogP contribution in [0.3, 0.4) is 0 Å². The lowest BCUT2D eigenvalue weighted by molar-refractivity contribution is -0.174. The van der Waals surface area contributed by atoms with Crippen LogP contribution < -0.4 is 11.1 Å². The molecule has 4 fully saturated rings. The summed E-state index contributed by atoms with van der Waals surface area (Å²) < 4.78 is 5.19. The van der Waals surface area contributed by atoms with E-state index in [-0.39, 0.29) is 34.9 Å². The van der Waals surface area contributed by atoms with Crippen molar-refractivity contribution in [3.8, 4) is 0 Å². The minimum atomic E-state index is -0.596. The molecular weight excluding hydrogens is 492 g/mol. The molecule has 0 radical (unpaired) electrons. The van der Waals surface area contributed by atoms with E-state index in [1.807, 2.05) is 0 Å². The van der Waals surface area contributed by atoms with Crippen LogP contribution in [0.5, 0.6) is 0 Å². The highest BCUT2D eigenvalue weighted by atomic mass is 16.5. The lowest BCUT2D eigenvalue weighted by atomic mass is 9.43. The molecule has 7 nitrogen and oxygen atoms in total. The van der Waals surface area contributed by atoms with E-state index in [9.17, 15) is 19.8 Å². The van der Waals surface area contributed by atoms with Gasteiger partial charge in [-0.1, -0.05) is 20.8 Å². The molecule has 39 heavy (non-hydrogen) atoms. The Labute approximate surface area is 236 Å². The quantitative estimate of drug-likeness (QED) is 0.222. The summed E-state index contributed by atoms with van der Waals surface area (Å²) in [4.78, 5) is 25.3. The first kappa shape index (κ1) is 30.8. The molecule has 0 aromatic heterocycles. The fourth-order valence-corrected chi connectivity index (χ4v) is 9.99. The van der Waals surface area contributed by atoms with Gasteiger partial charge in [-0.2, -0.15) is 0 Å². The Hall–Kier alpha value is -1.18. The Morgan fingerprint density at radius 3 is 2.44 bits per heavy atom. The molecule has 0 spiro atoms. The van der Waals surface area contributed by atoms with Crippen molar-refractivity contribution in [2.75, 3.05) is 13.2 Å². The Morgan fingerprint density at radius 2 is 1.72 bits per heavy atom. The number of hydrogen-bond acceptors (Lipinski definition) is 6. The van der Waals surface area contributed by atoms with Gasteiger partial charge < -0.3 is 26.0 Å². The number of carbonyl (C=O) groups excluding carboxylic acids is 2. The van der Waals surface area contributed by atoms with Crippen molar-refractivity contribution in [1.29, 1.82) is 0 Å². The summed E-state index contributed by atoms with van der Waals surface area (Å²) in [5, 5.41) is 24.7. The zero-order valence-corrected chi connectivity index (χ0v) is 25.0. The SMILES string of the molecule is CCOC(=O)[C@H](CCCCN)NC(=O)CC[C@@H](C)[C@H]1CC[C@H]2[C@@H]3[C@H](O)C[C@@H]4C[C@H](O)CC[C@]4(C)[C@H]3CC[C@]12C. The predicted molar refractivity (Wildman–Crippen MR) is 152 cm³/mol. The predicted octanol–water partition coefficient (Wildman–Crippen LogP) is 4.57. The lowest BCUT2D eigenvalue weighted by Crippen LogP contribution is -2.58. The van der Waals surface area contributed by atoms with Crippen LogP contribution in [0.1, 0.15) is 111 Å². The summed E-state index contributed by atoms with van der Waals surface area (Å²) in [5.74, 6) is 2.42. The largest absolute Gasteiger partial charge is 0.464 e. The normalized spacial score (nSPS) is 41.1. The van der Waals surface area contributed by atoms with Gasteiger partial charge in [0.1, 0.15) is 6.04 Å². The highest BCUT2D eigenvalue weighted by Gasteiger charge is 2.62. The van der Waals surface area contributed by atoms with E-state index < -0.39 is 6.04 Å². The van der Waals surface area contributed by atoms with Crippen LogP contribution in [0.25, 0.3) is 0 Å².